The number of aliphatic hydroxyl groups is 2. The highest BCUT2D eigenvalue weighted by molar-refractivity contribution is 6.75. The molecule has 2 N–H and O–H groups in total. The zero-order chi connectivity index (χ0) is 10.1. The van der Waals surface area contributed by atoms with E-state index >= 15 is 0 Å². The Balaban J connectivity index is 2.74. The first-order chi connectivity index (χ1) is 5.91. The average Bonchev–Trinajstić information content (AvgIpc) is 2.03. The molecule has 1 fully saturated rings. The molecule has 0 aromatic rings. The maximum absolute atomic E-state index is 9.82. The molecule has 0 aromatic heterocycles. The second kappa shape index (κ2) is 3.69. The van der Waals surface area contributed by atoms with Crippen LogP contribution in [0.1, 0.15) is 33.1 Å². The van der Waals surface area contributed by atoms with Crippen molar-refractivity contribution in [2.24, 2.45) is 0 Å². The monoisotopic (exact) mass is 204 g/mol. The van der Waals surface area contributed by atoms with E-state index in [0.29, 0.717) is 6.42 Å². The van der Waals surface area contributed by atoms with E-state index in [0.717, 1.165) is 18.9 Å². The Morgan fingerprint density at radius 3 is 2.62 bits per heavy atom. The minimum atomic E-state index is -2.32. The molecule has 4 heteroatoms. The Kier molecular flexibility index (Phi) is 3.17. The summed E-state index contributed by atoms with van der Waals surface area (Å²) in [6, 6.07) is 0.859. The summed E-state index contributed by atoms with van der Waals surface area (Å²) in [7, 11) is -2.32. The fourth-order valence-corrected chi connectivity index (χ4v) is 5.30. The van der Waals surface area contributed by atoms with Crippen molar-refractivity contribution < 1.29 is 14.6 Å². The highest BCUT2D eigenvalue weighted by Gasteiger charge is 2.50. The van der Waals surface area contributed by atoms with Gasteiger partial charge in [-0.3, -0.25) is 0 Å². The summed E-state index contributed by atoms with van der Waals surface area (Å²) < 4.78 is 5.77. The van der Waals surface area contributed by atoms with Gasteiger partial charge in [-0.15, -0.1) is 0 Å². The predicted molar refractivity (Wildman–Crippen MR) is 53.7 cm³/mol. The van der Waals surface area contributed by atoms with Gasteiger partial charge in [0, 0.05) is 6.10 Å². The lowest BCUT2D eigenvalue weighted by molar-refractivity contribution is -0.117. The van der Waals surface area contributed by atoms with Gasteiger partial charge in [0.2, 0.25) is 0 Å². The van der Waals surface area contributed by atoms with Crippen LogP contribution in [0, 0.1) is 0 Å². The molecule has 1 aliphatic heterocycles. The van der Waals surface area contributed by atoms with E-state index < -0.39 is 13.7 Å². The van der Waals surface area contributed by atoms with Crippen molar-refractivity contribution in [3.8, 4) is 0 Å². The van der Waals surface area contributed by atoms with Crippen LogP contribution in [0.3, 0.4) is 0 Å². The number of hydrogen-bond acceptors (Lipinski definition) is 3. The molecule has 1 aliphatic rings. The maximum Gasteiger partial charge on any atom is 0.254 e. The van der Waals surface area contributed by atoms with Crippen LogP contribution in [0.25, 0.3) is 0 Å². The van der Waals surface area contributed by atoms with Gasteiger partial charge < -0.3 is 14.6 Å². The molecule has 13 heavy (non-hydrogen) atoms. The summed E-state index contributed by atoms with van der Waals surface area (Å²) in [4.78, 5) is 0. The Morgan fingerprint density at radius 1 is 1.54 bits per heavy atom. The van der Waals surface area contributed by atoms with Crippen molar-refractivity contribution in [2.75, 3.05) is 0 Å². The van der Waals surface area contributed by atoms with Gasteiger partial charge in [-0.2, -0.15) is 0 Å². The van der Waals surface area contributed by atoms with E-state index in [2.05, 4.69) is 0 Å². The minimum Gasteiger partial charge on any atom is -0.408 e. The van der Waals surface area contributed by atoms with E-state index in [9.17, 15) is 10.2 Å². The largest absolute Gasteiger partial charge is 0.408 e. The highest BCUT2D eigenvalue weighted by Crippen LogP contribution is 2.34. The fourth-order valence-electron chi connectivity index (χ4n) is 1.96. The summed E-state index contributed by atoms with van der Waals surface area (Å²) in [5.41, 5.74) is -1.55. The fraction of sp³-hybridized carbons (Fsp3) is 1.00. The standard InChI is InChI=1S/C9H20O3Si/c1-4-9(10,11)13(3)7-5-6-8(2)12-13/h8,10-11H,4-7H2,1-3H3. The smallest absolute Gasteiger partial charge is 0.254 e. The van der Waals surface area contributed by atoms with Crippen molar-refractivity contribution in [3.05, 3.63) is 0 Å². The van der Waals surface area contributed by atoms with Gasteiger partial charge in [-0.25, -0.2) is 0 Å². The van der Waals surface area contributed by atoms with Crippen molar-refractivity contribution in [2.45, 2.75) is 57.2 Å². The highest BCUT2D eigenvalue weighted by atomic mass is 28.4. The second-order valence-corrected chi connectivity index (χ2v) is 8.22. The molecule has 0 aliphatic carbocycles. The molecule has 1 rings (SSSR count). The molecule has 0 aromatic carbocycles. The first kappa shape index (κ1) is 11.2. The van der Waals surface area contributed by atoms with E-state index in [1.165, 1.54) is 0 Å². The van der Waals surface area contributed by atoms with Gasteiger partial charge in [0.05, 0.1) is 0 Å². The molecule has 1 heterocycles. The normalized spacial score (nSPS) is 36.2. The Bertz CT molecular complexity index is 184. The van der Waals surface area contributed by atoms with Crippen molar-refractivity contribution >= 4 is 8.32 Å². The lowest BCUT2D eigenvalue weighted by Gasteiger charge is -2.43. The van der Waals surface area contributed by atoms with Gasteiger partial charge in [0.15, 0.2) is 5.41 Å². The van der Waals surface area contributed by atoms with Crippen molar-refractivity contribution in [3.63, 3.8) is 0 Å². The van der Waals surface area contributed by atoms with Crippen LogP contribution in [0.15, 0.2) is 0 Å². The van der Waals surface area contributed by atoms with Crippen molar-refractivity contribution in [1.82, 2.24) is 0 Å². The van der Waals surface area contributed by atoms with E-state index in [-0.39, 0.29) is 6.10 Å². The average molecular weight is 204 g/mol. The third kappa shape index (κ3) is 2.12. The topological polar surface area (TPSA) is 49.7 Å². The van der Waals surface area contributed by atoms with Gasteiger partial charge in [0.1, 0.15) is 0 Å². The molecule has 78 valence electrons. The van der Waals surface area contributed by atoms with Gasteiger partial charge in [-0.1, -0.05) is 13.3 Å². The summed E-state index contributed by atoms with van der Waals surface area (Å²) in [5.74, 6) is 0. The number of hydrogen-bond donors (Lipinski definition) is 2. The molecule has 3 nitrogen and oxygen atoms in total. The number of rotatable bonds is 2. The van der Waals surface area contributed by atoms with Crippen LogP contribution in [0.2, 0.25) is 12.6 Å². The first-order valence-electron chi connectivity index (χ1n) is 5.04. The third-order valence-electron chi connectivity index (χ3n) is 3.07. The predicted octanol–water partition coefficient (Wildman–Crippen LogP) is 1.39. The van der Waals surface area contributed by atoms with Crippen LogP contribution in [-0.4, -0.2) is 30.0 Å². The van der Waals surface area contributed by atoms with Crippen LogP contribution in [-0.2, 0) is 4.43 Å². The summed E-state index contributed by atoms with van der Waals surface area (Å²) in [6.07, 6.45) is 2.66. The Hall–Kier alpha value is 0.0969. The van der Waals surface area contributed by atoms with E-state index in [1.54, 1.807) is 6.92 Å². The Labute approximate surface area is 80.9 Å². The van der Waals surface area contributed by atoms with Crippen LogP contribution < -0.4 is 0 Å². The molecule has 1 saturated heterocycles. The minimum absolute atomic E-state index is 0.190. The summed E-state index contributed by atoms with van der Waals surface area (Å²) in [5, 5.41) is 19.6. The summed E-state index contributed by atoms with van der Waals surface area (Å²) >= 11 is 0. The molecular formula is C9H20O3Si. The van der Waals surface area contributed by atoms with E-state index in [1.807, 2.05) is 13.5 Å². The van der Waals surface area contributed by atoms with Crippen LogP contribution in [0.4, 0.5) is 0 Å². The Morgan fingerprint density at radius 2 is 2.15 bits per heavy atom. The molecular weight excluding hydrogens is 184 g/mol. The summed E-state index contributed by atoms with van der Waals surface area (Å²) in [6.45, 7) is 5.73. The molecule has 2 atom stereocenters. The van der Waals surface area contributed by atoms with Crippen molar-refractivity contribution in [1.29, 1.82) is 0 Å². The molecule has 0 saturated carbocycles. The quantitative estimate of drug-likeness (QED) is 0.528. The van der Waals surface area contributed by atoms with Gasteiger partial charge >= 0.3 is 0 Å². The molecule has 2 unspecified atom stereocenters. The lowest BCUT2D eigenvalue weighted by Crippen LogP contribution is -2.61. The van der Waals surface area contributed by atoms with Gasteiger partial charge in [-0.05, 0) is 32.4 Å². The van der Waals surface area contributed by atoms with E-state index in [4.69, 9.17) is 4.43 Å². The van der Waals surface area contributed by atoms with Gasteiger partial charge in [0.25, 0.3) is 8.32 Å². The molecule has 0 spiro atoms. The van der Waals surface area contributed by atoms with Crippen LogP contribution in [0.5, 0.6) is 0 Å². The molecule has 0 bridgehead atoms. The molecule has 0 radical (unpaired) electrons. The third-order valence-corrected chi connectivity index (χ3v) is 7.34. The van der Waals surface area contributed by atoms with Crippen LogP contribution >= 0.6 is 0 Å². The first-order valence-corrected chi connectivity index (χ1v) is 7.65. The zero-order valence-electron chi connectivity index (χ0n) is 8.71. The molecule has 0 amide bonds. The maximum atomic E-state index is 9.82. The zero-order valence-corrected chi connectivity index (χ0v) is 9.71. The second-order valence-electron chi connectivity index (χ2n) is 4.22. The SMILES string of the molecule is CCC(O)(O)[Si]1(C)CCCC(C)O1. The lowest BCUT2D eigenvalue weighted by atomic mass is 10.2.